The molecule has 3 amide bonds. The van der Waals surface area contributed by atoms with Gasteiger partial charge >= 0.3 is 12.0 Å². The Balaban J connectivity index is 2.54. The zero-order chi connectivity index (χ0) is 15.8. The van der Waals surface area contributed by atoms with Gasteiger partial charge in [0.2, 0.25) is 5.91 Å². The zero-order valence-electron chi connectivity index (χ0n) is 11.0. The average molecular weight is 290 g/mol. The van der Waals surface area contributed by atoms with Crippen molar-refractivity contribution in [2.24, 2.45) is 5.73 Å². The molecule has 110 valence electrons. The number of nitrogens with one attached hydrogen (secondary N) is 2. The van der Waals surface area contributed by atoms with Crippen LogP contribution in [0, 0.1) is 11.3 Å². The highest BCUT2D eigenvalue weighted by Crippen LogP contribution is 2.03. The largest absolute Gasteiger partial charge is 0.480 e. The maximum atomic E-state index is 11.6. The normalized spacial score (nSPS) is 11.0. The van der Waals surface area contributed by atoms with Crippen LogP contribution in [0.25, 0.3) is 0 Å². The first-order chi connectivity index (χ1) is 9.92. The minimum atomic E-state index is -1.38. The standard InChI is InChI=1S/C13H14N4O4/c14-6-8-2-1-3-9(4-8)7-16-13(21)17-10(12(19)20)5-11(15)18/h1-4,10H,5,7H2,(H2,15,18)(H,19,20)(H2,16,17,21)/t10-/m0/s1. The fourth-order valence-electron chi connectivity index (χ4n) is 1.54. The van der Waals surface area contributed by atoms with Gasteiger partial charge in [-0.1, -0.05) is 12.1 Å². The Labute approximate surface area is 120 Å². The zero-order valence-corrected chi connectivity index (χ0v) is 11.0. The summed E-state index contributed by atoms with van der Waals surface area (Å²) in [5.74, 6) is -2.18. The molecule has 0 saturated heterocycles. The van der Waals surface area contributed by atoms with Crippen LogP contribution in [-0.2, 0) is 16.1 Å². The Kier molecular flexibility index (Phi) is 5.70. The number of carboxylic acid groups (broad SMARTS) is 1. The summed E-state index contributed by atoms with van der Waals surface area (Å²) in [7, 11) is 0. The van der Waals surface area contributed by atoms with Crippen LogP contribution in [0.4, 0.5) is 4.79 Å². The second kappa shape index (κ2) is 7.49. The van der Waals surface area contributed by atoms with Crippen LogP contribution in [0.3, 0.4) is 0 Å². The molecule has 8 nitrogen and oxygen atoms in total. The monoisotopic (exact) mass is 290 g/mol. The van der Waals surface area contributed by atoms with Crippen LogP contribution in [0.1, 0.15) is 17.5 Å². The summed E-state index contributed by atoms with van der Waals surface area (Å²) in [5, 5.41) is 22.1. The van der Waals surface area contributed by atoms with Crippen molar-refractivity contribution in [3.63, 3.8) is 0 Å². The Morgan fingerprint density at radius 3 is 2.67 bits per heavy atom. The van der Waals surface area contributed by atoms with E-state index in [1.54, 1.807) is 24.3 Å². The minimum absolute atomic E-state index is 0.115. The van der Waals surface area contributed by atoms with Gasteiger partial charge in [0.25, 0.3) is 0 Å². The van der Waals surface area contributed by atoms with E-state index < -0.39 is 30.4 Å². The second-order valence-corrected chi connectivity index (χ2v) is 4.20. The van der Waals surface area contributed by atoms with Gasteiger partial charge in [0.05, 0.1) is 18.1 Å². The molecule has 0 aliphatic rings. The molecule has 0 heterocycles. The Morgan fingerprint density at radius 1 is 1.38 bits per heavy atom. The average Bonchev–Trinajstić information content (AvgIpc) is 2.44. The summed E-state index contributed by atoms with van der Waals surface area (Å²) in [6.45, 7) is 0.115. The van der Waals surface area contributed by atoms with Gasteiger partial charge in [-0.25, -0.2) is 9.59 Å². The number of carboxylic acids is 1. The molecule has 1 atom stereocenters. The van der Waals surface area contributed by atoms with Gasteiger partial charge in [-0.05, 0) is 17.7 Å². The number of rotatable bonds is 6. The highest BCUT2D eigenvalue weighted by molar-refractivity contribution is 5.87. The van der Waals surface area contributed by atoms with Crippen LogP contribution in [0.2, 0.25) is 0 Å². The Morgan fingerprint density at radius 2 is 2.10 bits per heavy atom. The molecule has 5 N–H and O–H groups in total. The molecule has 0 saturated carbocycles. The topological polar surface area (TPSA) is 145 Å². The van der Waals surface area contributed by atoms with Crippen molar-refractivity contribution in [3.8, 4) is 6.07 Å². The van der Waals surface area contributed by atoms with E-state index in [4.69, 9.17) is 16.1 Å². The molecular weight excluding hydrogens is 276 g/mol. The Bertz CT molecular complexity index is 594. The van der Waals surface area contributed by atoms with Crippen molar-refractivity contribution in [1.82, 2.24) is 10.6 Å². The number of primary amides is 1. The SMILES string of the molecule is N#Cc1cccc(CNC(=O)N[C@@H](CC(N)=O)C(=O)O)c1. The van der Waals surface area contributed by atoms with Crippen molar-refractivity contribution in [2.75, 3.05) is 0 Å². The highest BCUT2D eigenvalue weighted by Gasteiger charge is 2.21. The van der Waals surface area contributed by atoms with E-state index in [0.29, 0.717) is 11.1 Å². The first-order valence-corrected chi connectivity index (χ1v) is 5.97. The van der Waals surface area contributed by atoms with Gasteiger partial charge in [-0.15, -0.1) is 0 Å². The van der Waals surface area contributed by atoms with Crippen molar-refractivity contribution in [2.45, 2.75) is 19.0 Å². The number of nitrogens with zero attached hydrogens (tertiary/aromatic N) is 1. The molecule has 0 bridgehead atoms. The molecular formula is C13H14N4O4. The van der Waals surface area contributed by atoms with E-state index in [1.807, 2.05) is 6.07 Å². The fraction of sp³-hybridized carbons (Fsp3) is 0.231. The van der Waals surface area contributed by atoms with Gasteiger partial charge in [-0.2, -0.15) is 5.26 Å². The lowest BCUT2D eigenvalue weighted by Crippen LogP contribution is -2.47. The molecule has 0 aliphatic heterocycles. The molecule has 21 heavy (non-hydrogen) atoms. The number of nitrogens with two attached hydrogens (primary N) is 1. The summed E-state index contributed by atoms with van der Waals surface area (Å²) >= 11 is 0. The fourth-order valence-corrected chi connectivity index (χ4v) is 1.54. The highest BCUT2D eigenvalue weighted by atomic mass is 16.4. The number of carbonyl (C=O) groups excluding carboxylic acids is 2. The van der Waals surface area contributed by atoms with Gasteiger partial charge in [0.1, 0.15) is 6.04 Å². The number of hydrogen-bond donors (Lipinski definition) is 4. The number of hydrogen-bond acceptors (Lipinski definition) is 4. The smallest absolute Gasteiger partial charge is 0.326 e. The third kappa shape index (κ3) is 5.61. The van der Waals surface area contributed by atoms with E-state index in [9.17, 15) is 14.4 Å². The van der Waals surface area contributed by atoms with E-state index in [-0.39, 0.29) is 6.54 Å². The molecule has 1 aromatic carbocycles. The predicted molar refractivity (Wildman–Crippen MR) is 71.8 cm³/mol. The number of nitriles is 1. The minimum Gasteiger partial charge on any atom is -0.480 e. The number of amides is 3. The van der Waals surface area contributed by atoms with Crippen LogP contribution in [0.5, 0.6) is 0 Å². The molecule has 8 heteroatoms. The molecule has 1 rings (SSSR count). The van der Waals surface area contributed by atoms with Crippen molar-refractivity contribution in [1.29, 1.82) is 5.26 Å². The van der Waals surface area contributed by atoms with Crippen LogP contribution >= 0.6 is 0 Å². The first-order valence-electron chi connectivity index (χ1n) is 5.97. The molecule has 1 aromatic rings. The maximum absolute atomic E-state index is 11.6. The van der Waals surface area contributed by atoms with Crippen molar-refractivity contribution >= 4 is 17.9 Å². The lowest BCUT2D eigenvalue weighted by atomic mass is 10.1. The van der Waals surface area contributed by atoms with Gasteiger partial charge in [0.15, 0.2) is 0 Å². The predicted octanol–water partition coefficient (Wildman–Crippen LogP) is -0.314. The van der Waals surface area contributed by atoms with Crippen molar-refractivity contribution in [3.05, 3.63) is 35.4 Å². The van der Waals surface area contributed by atoms with E-state index >= 15 is 0 Å². The van der Waals surface area contributed by atoms with Gasteiger partial charge < -0.3 is 21.5 Å². The third-order valence-electron chi connectivity index (χ3n) is 2.52. The summed E-state index contributed by atoms with van der Waals surface area (Å²) in [4.78, 5) is 33.1. The number of benzene rings is 1. The van der Waals surface area contributed by atoms with Crippen molar-refractivity contribution < 1.29 is 19.5 Å². The molecule has 0 aliphatic carbocycles. The van der Waals surface area contributed by atoms with Crippen LogP contribution in [0.15, 0.2) is 24.3 Å². The number of urea groups is 1. The summed E-state index contributed by atoms with van der Waals surface area (Å²) < 4.78 is 0. The molecule has 0 fully saturated rings. The summed E-state index contributed by atoms with van der Waals surface area (Å²) in [6, 6.07) is 6.43. The summed E-state index contributed by atoms with van der Waals surface area (Å²) in [5.41, 5.74) is 6.04. The summed E-state index contributed by atoms with van der Waals surface area (Å²) in [6.07, 6.45) is -0.493. The number of carbonyl (C=O) groups is 3. The molecule has 0 unspecified atom stereocenters. The quantitative estimate of drug-likeness (QED) is 0.567. The van der Waals surface area contributed by atoms with E-state index in [0.717, 1.165) is 0 Å². The molecule has 0 spiro atoms. The van der Waals surface area contributed by atoms with Gasteiger partial charge in [-0.3, -0.25) is 4.79 Å². The number of aliphatic carboxylic acids is 1. The van der Waals surface area contributed by atoms with E-state index in [2.05, 4.69) is 10.6 Å². The first kappa shape index (κ1) is 16.0. The third-order valence-corrected chi connectivity index (χ3v) is 2.52. The van der Waals surface area contributed by atoms with E-state index in [1.165, 1.54) is 0 Å². The van der Waals surface area contributed by atoms with Crippen LogP contribution in [-0.4, -0.2) is 29.1 Å². The molecule has 0 aromatic heterocycles. The maximum Gasteiger partial charge on any atom is 0.326 e. The second-order valence-electron chi connectivity index (χ2n) is 4.20. The Hall–Kier alpha value is -3.08. The lowest BCUT2D eigenvalue weighted by Gasteiger charge is -2.13. The van der Waals surface area contributed by atoms with Crippen LogP contribution < -0.4 is 16.4 Å². The molecule has 0 radical (unpaired) electrons. The lowest BCUT2D eigenvalue weighted by molar-refractivity contribution is -0.140. The van der Waals surface area contributed by atoms with Gasteiger partial charge in [0, 0.05) is 6.54 Å².